The summed E-state index contributed by atoms with van der Waals surface area (Å²) in [7, 11) is -1.41. The second-order valence-electron chi connectivity index (χ2n) is 4.39. The third-order valence-electron chi connectivity index (χ3n) is 3.05. The lowest BCUT2D eigenvalue weighted by Crippen LogP contribution is -2.51. The van der Waals surface area contributed by atoms with Crippen molar-refractivity contribution >= 4 is 15.7 Å². The summed E-state index contributed by atoms with van der Waals surface area (Å²) in [6.45, 7) is 7.64. The fourth-order valence-electron chi connectivity index (χ4n) is 1.75. The van der Waals surface area contributed by atoms with E-state index >= 15 is 0 Å². The Labute approximate surface area is 103 Å². The van der Waals surface area contributed by atoms with E-state index in [1.807, 2.05) is 7.05 Å². The molecule has 0 aliphatic carbocycles. The van der Waals surface area contributed by atoms with Gasteiger partial charge in [-0.1, -0.05) is 6.08 Å². The van der Waals surface area contributed by atoms with Gasteiger partial charge in [0.05, 0.1) is 5.75 Å². The SMILES string of the molecule is C=CCS(=O)(=O)C(C)C(=O)N1CCN(C)CC1. The number of carbonyl (C=O) groups excluding carboxylic acids is 1. The molecule has 5 nitrogen and oxygen atoms in total. The van der Waals surface area contributed by atoms with Gasteiger partial charge in [0.25, 0.3) is 0 Å². The first-order valence-corrected chi connectivity index (χ1v) is 7.40. The number of hydrogen-bond donors (Lipinski definition) is 0. The lowest BCUT2D eigenvalue weighted by atomic mass is 10.3. The smallest absolute Gasteiger partial charge is 0.240 e. The number of rotatable bonds is 4. The molecule has 0 aromatic heterocycles. The van der Waals surface area contributed by atoms with Gasteiger partial charge in [0.15, 0.2) is 9.84 Å². The maximum Gasteiger partial charge on any atom is 0.240 e. The number of hydrogen-bond acceptors (Lipinski definition) is 4. The summed E-state index contributed by atoms with van der Waals surface area (Å²) < 4.78 is 23.5. The van der Waals surface area contributed by atoms with Gasteiger partial charge in [0.2, 0.25) is 5.91 Å². The molecule has 6 heteroatoms. The molecule has 98 valence electrons. The van der Waals surface area contributed by atoms with E-state index in [0.717, 1.165) is 13.1 Å². The molecule has 1 saturated heterocycles. The first-order valence-electron chi connectivity index (χ1n) is 5.68. The molecule has 0 aromatic rings. The summed E-state index contributed by atoms with van der Waals surface area (Å²) >= 11 is 0. The first-order chi connectivity index (χ1) is 7.88. The van der Waals surface area contributed by atoms with Crippen LogP contribution in [-0.2, 0) is 14.6 Å². The van der Waals surface area contributed by atoms with Crippen molar-refractivity contribution in [2.24, 2.45) is 0 Å². The molecular weight excluding hydrogens is 240 g/mol. The van der Waals surface area contributed by atoms with Gasteiger partial charge >= 0.3 is 0 Å². The van der Waals surface area contributed by atoms with Crippen molar-refractivity contribution in [3.8, 4) is 0 Å². The monoisotopic (exact) mass is 260 g/mol. The van der Waals surface area contributed by atoms with Crippen LogP contribution < -0.4 is 0 Å². The average Bonchev–Trinajstić information content (AvgIpc) is 2.28. The molecule has 1 aliphatic rings. The predicted octanol–water partition coefficient (Wildman–Crippen LogP) is -0.250. The number of amides is 1. The molecule has 1 amide bonds. The fourth-order valence-corrected chi connectivity index (χ4v) is 2.82. The Morgan fingerprint density at radius 1 is 1.35 bits per heavy atom. The van der Waals surface area contributed by atoms with E-state index in [1.165, 1.54) is 13.0 Å². The standard InChI is InChI=1S/C11H20N2O3S/c1-4-9-17(15,16)10(2)11(14)13-7-5-12(3)6-8-13/h4,10H,1,5-9H2,2-3H3. The summed E-state index contributed by atoms with van der Waals surface area (Å²) in [6, 6.07) is 0. The number of piperazine rings is 1. The van der Waals surface area contributed by atoms with Crippen LogP contribution in [0.4, 0.5) is 0 Å². The molecule has 1 aliphatic heterocycles. The van der Waals surface area contributed by atoms with E-state index in [4.69, 9.17) is 0 Å². The Balaban J connectivity index is 2.67. The van der Waals surface area contributed by atoms with E-state index in [-0.39, 0.29) is 11.7 Å². The Kier molecular flexibility index (Phi) is 4.70. The van der Waals surface area contributed by atoms with Gasteiger partial charge in [0.1, 0.15) is 5.25 Å². The van der Waals surface area contributed by atoms with Crippen LogP contribution in [0, 0.1) is 0 Å². The van der Waals surface area contributed by atoms with Crippen LogP contribution in [0.15, 0.2) is 12.7 Å². The third-order valence-corrected chi connectivity index (χ3v) is 5.03. The molecule has 0 spiro atoms. The molecule has 0 saturated carbocycles. The Hall–Kier alpha value is -0.880. The van der Waals surface area contributed by atoms with Gasteiger partial charge in [-0.05, 0) is 14.0 Å². The Morgan fingerprint density at radius 3 is 2.35 bits per heavy atom. The van der Waals surface area contributed by atoms with Gasteiger partial charge in [-0.2, -0.15) is 0 Å². The zero-order valence-corrected chi connectivity index (χ0v) is 11.2. The van der Waals surface area contributed by atoms with Crippen molar-refractivity contribution in [3.05, 3.63) is 12.7 Å². The van der Waals surface area contributed by atoms with Crippen molar-refractivity contribution in [2.75, 3.05) is 39.0 Å². The predicted molar refractivity (Wildman–Crippen MR) is 67.5 cm³/mol. The maximum absolute atomic E-state index is 12.0. The molecule has 17 heavy (non-hydrogen) atoms. The van der Waals surface area contributed by atoms with Crippen LogP contribution in [0.5, 0.6) is 0 Å². The molecule has 0 radical (unpaired) electrons. The molecular formula is C11H20N2O3S. The molecule has 0 N–H and O–H groups in total. The van der Waals surface area contributed by atoms with Crippen molar-refractivity contribution in [1.82, 2.24) is 9.80 Å². The minimum atomic E-state index is -3.40. The van der Waals surface area contributed by atoms with Gasteiger partial charge in [-0.3, -0.25) is 4.79 Å². The molecule has 1 rings (SSSR count). The van der Waals surface area contributed by atoms with E-state index in [2.05, 4.69) is 11.5 Å². The molecule has 1 unspecified atom stereocenters. The van der Waals surface area contributed by atoms with E-state index < -0.39 is 15.1 Å². The van der Waals surface area contributed by atoms with Crippen LogP contribution in [0.25, 0.3) is 0 Å². The van der Waals surface area contributed by atoms with Crippen molar-refractivity contribution in [3.63, 3.8) is 0 Å². The molecule has 1 heterocycles. The molecule has 1 atom stereocenters. The molecule has 0 aromatic carbocycles. The topological polar surface area (TPSA) is 57.7 Å². The normalized spacial score (nSPS) is 20.0. The highest BCUT2D eigenvalue weighted by molar-refractivity contribution is 7.92. The van der Waals surface area contributed by atoms with Gasteiger partial charge < -0.3 is 9.80 Å². The van der Waals surface area contributed by atoms with Gasteiger partial charge in [-0.15, -0.1) is 6.58 Å². The van der Waals surface area contributed by atoms with Crippen LogP contribution in [0.2, 0.25) is 0 Å². The minimum Gasteiger partial charge on any atom is -0.339 e. The lowest BCUT2D eigenvalue weighted by molar-refractivity contribution is -0.131. The summed E-state index contributed by atoms with van der Waals surface area (Å²) in [5, 5.41) is -0.969. The molecule has 0 bridgehead atoms. The highest BCUT2D eigenvalue weighted by Gasteiger charge is 2.31. The highest BCUT2D eigenvalue weighted by atomic mass is 32.2. The Bertz CT molecular complexity index is 384. The van der Waals surface area contributed by atoms with Crippen molar-refractivity contribution in [2.45, 2.75) is 12.2 Å². The summed E-state index contributed by atoms with van der Waals surface area (Å²) in [5.41, 5.74) is 0. The second kappa shape index (κ2) is 5.64. The number of nitrogens with zero attached hydrogens (tertiary/aromatic N) is 2. The van der Waals surface area contributed by atoms with Gasteiger partial charge in [0, 0.05) is 26.2 Å². The largest absolute Gasteiger partial charge is 0.339 e. The zero-order valence-electron chi connectivity index (χ0n) is 10.4. The van der Waals surface area contributed by atoms with Crippen molar-refractivity contribution < 1.29 is 13.2 Å². The third kappa shape index (κ3) is 3.54. The average molecular weight is 260 g/mol. The summed E-state index contributed by atoms with van der Waals surface area (Å²) in [5.74, 6) is -0.437. The van der Waals surface area contributed by atoms with E-state index in [0.29, 0.717) is 13.1 Å². The number of sulfone groups is 1. The van der Waals surface area contributed by atoms with Gasteiger partial charge in [-0.25, -0.2) is 8.42 Å². The summed E-state index contributed by atoms with van der Waals surface area (Å²) in [4.78, 5) is 15.8. The van der Waals surface area contributed by atoms with Crippen molar-refractivity contribution in [1.29, 1.82) is 0 Å². The number of likely N-dealkylation sites (N-methyl/N-ethyl adjacent to an activating group) is 1. The second-order valence-corrected chi connectivity index (χ2v) is 6.76. The quantitative estimate of drug-likeness (QED) is 0.654. The minimum absolute atomic E-state index is 0.145. The van der Waals surface area contributed by atoms with E-state index in [1.54, 1.807) is 4.90 Å². The van der Waals surface area contributed by atoms with Crippen LogP contribution in [0.1, 0.15) is 6.92 Å². The van der Waals surface area contributed by atoms with Crippen LogP contribution >= 0.6 is 0 Å². The van der Waals surface area contributed by atoms with E-state index in [9.17, 15) is 13.2 Å². The Morgan fingerprint density at radius 2 is 1.88 bits per heavy atom. The zero-order chi connectivity index (χ0) is 13.1. The molecule has 1 fully saturated rings. The maximum atomic E-state index is 12.0. The highest BCUT2D eigenvalue weighted by Crippen LogP contribution is 2.09. The first kappa shape index (κ1) is 14.2. The van der Waals surface area contributed by atoms with Crippen LogP contribution in [0.3, 0.4) is 0 Å². The van der Waals surface area contributed by atoms with Crippen LogP contribution in [-0.4, -0.2) is 68.4 Å². The number of carbonyl (C=O) groups is 1. The fraction of sp³-hybridized carbons (Fsp3) is 0.727. The lowest BCUT2D eigenvalue weighted by Gasteiger charge is -2.33. The summed E-state index contributed by atoms with van der Waals surface area (Å²) in [6.07, 6.45) is 1.32.